The molecule has 1 fully saturated rings. The van der Waals surface area contributed by atoms with E-state index in [9.17, 15) is 13.9 Å². The summed E-state index contributed by atoms with van der Waals surface area (Å²) in [6.07, 6.45) is 6.47. The van der Waals surface area contributed by atoms with Crippen molar-refractivity contribution in [2.45, 2.75) is 50.7 Å². The maximum absolute atomic E-state index is 13.1. The quantitative estimate of drug-likeness (QED) is 0.822. The number of hydrogen-bond acceptors (Lipinski definition) is 2. The Balaban J connectivity index is 1.85. The highest BCUT2D eigenvalue weighted by Gasteiger charge is 2.15. The summed E-state index contributed by atoms with van der Waals surface area (Å²) in [4.78, 5) is 0. The summed E-state index contributed by atoms with van der Waals surface area (Å²) in [6, 6.07) is 3.98. The highest BCUT2D eigenvalue weighted by atomic mass is 19.2. The molecule has 0 amide bonds. The zero-order valence-electron chi connectivity index (χ0n) is 11.0. The van der Waals surface area contributed by atoms with Crippen molar-refractivity contribution in [3.05, 3.63) is 35.4 Å². The summed E-state index contributed by atoms with van der Waals surface area (Å²) in [6.45, 7) is 0.385. The molecule has 0 unspecified atom stereocenters. The van der Waals surface area contributed by atoms with Crippen molar-refractivity contribution in [2.24, 2.45) is 0 Å². The van der Waals surface area contributed by atoms with Gasteiger partial charge in [0.05, 0.1) is 6.10 Å². The Bertz CT molecular complexity index is 403. The minimum atomic E-state index is -0.911. The van der Waals surface area contributed by atoms with Gasteiger partial charge < -0.3 is 10.4 Å². The van der Waals surface area contributed by atoms with E-state index in [-0.39, 0.29) is 0 Å². The van der Waals surface area contributed by atoms with Crippen molar-refractivity contribution >= 4 is 0 Å². The van der Waals surface area contributed by atoms with Crippen LogP contribution in [0.1, 0.15) is 50.2 Å². The van der Waals surface area contributed by atoms with Crippen LogP contribution in [0.3, 0.4) is 0 Å². The molecule has 2 N–H and O–H groups in total. The molecule has 106 valence electrons. The molecule has 0 aliphatic heterocycles. The summed E-state index contributed by atoms with van der Waals surface area (Å²) >= 11 is 0. The predicted octanol–water partition coefficient (Wildman–Crippen LogP) is 3.31. The maximum atomic E-state index is 13.1. The van der Waals surface area contributed by atoms with Crippen molar-refractivity contribution in [2.75, 3.05) is 6.54 Å². The number of benzene rings is 1. The zero-order chi connectivity index (χ0) is 13.7. The summed E-state index contributed by atoms with van der Waals surface area (Å²) in [7, 11) is 0. The minimum absolute atomic E-state index is 0.385. The summed E-state index contributed by atoms with van der Waals surface area (Å²) in [5, 5.41) is 13.3. The van der Waals surface area contributed by atoms with Gasteiger partial charge in [-0.25, -0.2) is 8.78 Å². The van der Waals surface area contributed by atoms with E-state index in [2.05, 4.69) is 5.32 Å². The fraction of sp³-hybridized carbons (Fsp3) is 0.600. The van der Waals surface area contributed by atoms with Crippen LogP contribution in [0.25, 0.3) is 0 Å². The van der Waals surface area contributed by atoms with Crippen LogP contribution >= 0.6 is 0 Å². The van der Waals surface area contributed by atoms with Crippen LogP contribution in [0.5, 0.6) is 0 Å². The van der Waals surface area contributed by atoms with E-state index < -0.39 is 17.7 Å². The van der Waals surface area contributed by atoms with Crippen LogP contribution in [0, 0.1) is 11.6 Å². The Hall–Kier alpha value is -1.00. The van der Waals surface area contributed by atoms with Gasteiger partial charge in [-0.05, 0) is 30.5 Å². The molecule has 1 aliphatic rings. The first-order chi connectivity index (χ1) is 9.16. The normalized spacial score (nSPS) is 19.1. The lowest BCUT2D eigenvalue weighted by Crippen LogP contribution is -2.32. The molecule has 1 aromatic rings. The minimum Gasteiger partial charge on any atom is -0.387 e. The van der Waals surface area contributed by atoms with Gasteiger partial charge in [0.2, 0.25) is 0 Å². The highest BCUT2D eigenvalue weighted by Crippen LogP contribution is 2.19. The van der Waals surface area contributed by atoms with Crippen molar-refractivity contribution in [1.82, 2.24) is 5.32 Å². The van der Waals surface area contributed by atoms with Crippen LogP contribution in [-0.4, -0.2) is 17.7 Å². The molecule has 0 spiro atoms. The Morgan fingerprint density at radius 1 is 1.11 bits per heavy atom. The Morgan fingerprint density at radius 2 is 1.79 bits per heavy atom. The molecule has 0 aromatic heterocycles. The van der Waals surface area contributed by atoms with Crippen molar-refractivity contribution in [3.8, 4) is 0 Å². The second-order valence-electron chi connectivity index (χ2n) is 5.29. The van der Waals surface area contributed by atoms with E-state index in [0.29, 0.717) is 18.2 Å². The number of aliphatic hydroxyl groups excluding tert-OH is 1. The average molecular weight is 269 g/mol. The van der Waals surface area contributed by atoms with E-state index in [1.165, 1.54) is 31.7 Å². The lowest BCUT2D eigenvalue weighted by Gasteiger charge is -2.19. The van der Waals surface area contributed by atoms with Gasteiger partial charge in [-0.2, -0.15) is 0 Å². The van der Waals surface area contributed by atoms with Crippen molar-refractivity contribution < 1.29 is 13.9 Å². The molecule has 0 heterocycles. The molecule has 1 atom stereocenters. The van der Waals surface area contributed by atoms with Gasteiger partial charge in [-0.15, -0.1) is 0 Å². The summed E-state index contributed by atoms with van der Waals surface area (Å²) < 4.78 is 25.9. The van der Waals surface area contributed by atoms with Crippen LogP contribution in [-0.2, 0) is 0 Å². The third kappa shape index (κ3) is 4.25. The molecule has 2 nitrogen and oxygen atoms in total. The fourth-order valence-corrected chi connectivity index (χ4v) is 2.60. The van der Waals surface area contributed by atoms with Gasteiger partial charge in [0, 0.05) is 12.6 Å². The van der Waals surface area contributed by atoms with E-state index >= 15 is 0 Å². The Labute approximate surface area is 112 Å². The zero-order valence-corrected chi connectivity index (χ0v) is 11.0. The Morgan fingerprint density at radius 3 is 2.42 bits per heavy atom. The molecule has 19 heavy (non-hydrogen) atoms. The third-order valence-electron chi connectivity index (χ3n) is 3.78. The predicted molar refractivity (Wildman–Crippen MR) is 70.8 cm³/mol. The lowest BCUT2D eigenvalue weighted by molar-refractivity contribution is 0.167. The van der Waals surface area contributed by atoms with Crippen LogP contribution in [0.2, 0.25) is 0 Å². The second kappa shape index (κ2) is 6.96. The molecule has 2 rings (SSSR count). The molecule has 1 saturated carbocycles. The van der Waals surface area contributed by atoms with Crippen LogP contribution in [0.4, 0.5) is 8.78 Å². The molecular formula is C15H21F2NO. The third-order valence-corrected chi connectivity index (χ3v) is 3.78. The van der Waals surface area contributed by atoms with Crippen molar-refractivity contribution in [1.29, 1.82) is 0 Å². The van der Waals surface area contributed by atoms with Gasteiger partial charge >= 0.3 is 0 Å². The molecule has 1 aromatic carbocycles. The van der Waals surface area contributed by atoms with Gasteiger partial charge in [-0.1, -0.05) is 31.7 Å². The number of rotatable bonds is 4. The van der Waals surface area contributed by atoms with Gasteiger partial charge in [-0.3, -0.25) is 0 Å². The topological polar surface area (TPSA) is 32.3 Å². The smallest absolute Gasteiger partial charge is 0.159 e. The highest BCUT2D eigenvalue weighted by molar-refractivity contribution is 5.20. The fourth-order valence-electron chi connectivity index (χ4n) is 2.60. The molecule has 0 bridgehead atoms. The first kappa shape index (κ1) is 14.4. The number of halogens is 2. The Kier molecular flexibility index (Phi) is 5.28. The first-order valence-electron chi connectivity index (χ1n) is 7.03. The van der Waals surface area contributed by atoms with E-state index in [0.717, 1.165) is 25.0 Å². The van der Waals surface area contributed by atoms with Gasteiger partial charge in [0.1, 0.15) is 0 Å². The van der Waals surface area contributed by atoms with E-state index in [1.54, 1.807) is 0 Å². The number of aliphatic hydroxyl groups is 1. The SMILES string of the molecule is O[C@@H](CNC1CCCCCC1)c1ccc(F)c(F)c1. The summed E-state index contributed by atoms with van der Waals surface area (Å²) in [5.74, 6) is -1.79. The molecular weight excluding hydrogens is 248 g/mol. The number of nitrogens with one attached hydrogen (secondary N) is 1. The maximum Gasteiger partial charge on any atom is 0.159 e. The van der Waals surface area contributed by atoms with E-state index in [4.69, 9.17) is 0 Å². The largest absolute Gasteiger partial charge is 0.387 e. The van der Waals surface area contributed by atoms with Gasteiger partial charge in [0.15, 0.2) is 11.6 Å². The standard InChI is InChI=1S/C15H21F2NO/c16-13-8-7-11(9-14(13)17)15(19)10-18-12-5-3-1-2-4-6-12/h7-9,12,15,18-19H,1-6,10H2/t15-/m0/s1. The first-order valence-corrected chi connectivity index (χ1v) is 7.03. The average Bonchev–Trinajstić information content (AvgIpc) is 2.67. The van der Waals surface area contributed by atoms with Crippen LogP contribution in [0.15, 0.2) is 18.2 Å². The van der Waals surface area contributed by atoms with Crippen molar-refractivity contribution in [3.63, 3.8) is 0 Å². The molecule has 0 radical (unpaired) electrons. The molecule has 1 aliphatic carbocycles. The van der Waals surface area contributed by atoms with Crippen LogP contribution < -0.4 is 5.32 Å². The van der Waals surface area contributed by atoms with Gasteiger partial charge in [0.25, 0.3) is 0 Å². The molecule has 0 saturated heterocycles. The molecule has 4 heteroatoms. The monoisotopic (exact) mass is 269 g/mol. The lowest BCUT2D eigenvalue weighted by atomic mass is 10.1. The second-order valence-corrected chi connectivity index (χ2v) is 5.29. The number of hydrogen-bond donors (Lipinski definition) is 2. The summed E-state index contributed by atoms with van der Waals surface area (Å²) in [5.41, 5.74) is 0.417. The van der Waals surface area contributed by atoms with E-state index in [1.807, 2.05) is 0 Å².